The Kier molecular flexibility index (Phi) is 4.35. The number of thioether (sulfide) groups is 1. The number of hydrogen-bond acceptors (Lipinski definition) is 3. The van der Waals surface area contributed by atoms with Gasteiger partial charge in [0.05, 0.1) is 17.1 Å². The monoisotopic (exact) mass is 322 g/mol. The second-order valence-corrected chi connectivity index (χ2v) is 6.29. The number of rotatable bonds is 4. The van der Waals surface area contributed by atoms with Crippen molar-refractivity contribution in [3.8, 4) is 16.9 Å². The summed E-state index contributed by atoms with van der Waals surface area (Å²) in [6.07, 6.45) is 2.07. The van der Waals surface area contributed by atoms with E-state index in [-0.39, 0.29) is 5.78 Å². The normalized spacial score (nSPS) is 10.7. The van der Waals surface area contributed by atoms with Crippen molar-refractivity contribution in [2.24, 2.45) is 0 Å². The largest absolute Gasteiger partial charge is 0.295 e. The number of Topliss-reactive ketones (excluding diaryl/α,β-unsaturated/α-hetero) is 1. The lowest BCUT2D eigenvalue weighted by Gasteiger charge is -2.09. The Morgan fingerprint density at radius 1 is 1.04 bits per heavy atom. The van der Waals surface area contributed by atoms with Crippen molar-refractivity contribution in [1.82, 2.24) is 9.78 Å². The summed E-state index contributed by atoms with van der Waals surface area (Å²) in [6.45, 7) is 3.56. The van der Waals surface area contributed by atoms with E-state index in [2.05, 4.69) is 41.7 Å². The Morgan fingerprint density at radius 3 is 2.26 bits per heavy atom. The third kappa shape index (κ3) is 3.22. The maximum absolute atomic E-state index is 11.4. The molecule has 1 aromatic heterocycles. The molecule has 0 amide bonds. The van der Waals surface area contributed by atoms with Crippen LogP contribution in [0, 0.1) is 6.92 Å². The average Bonchev–Trinajstić information content (AvgIpc) is 2.97. The molecule has 3 aromatic rings. The lowest BCUT2D eigenvalue weighted by Crippen LogP contribution is -2.00. The topological polar surface area (TPSA) is 34.9 Å². The van der Waals surface area contributed by atoms with Crippen molar-refractivity contribution in [2.75, 3.05) is 6.26 Å². The van der Waals surface area contributed by atoms with Crippen molar-refractivity contribution in [1.29, 1.82) is 0 Å². The molecule has 0 spiro atoms. The van der Waals surface area contributed by atoms with Crippen LogP contribution in [-0.2, 0) is 0 Å². The maximum Gasteiger partial charge on any atom is 0.159 e. The molecule has 0 unspecified atom stereocenters. The summed E-state index contributed by atoms with van der Waals surface area (Å²) in [4.78, 5) is 12.7. The molecule has 0 aliphatic rings. The standard InChI is InChI=1S/C19H18N2OS/c1-13-12-19(16-6-10-18(23-3)11-7-16)21(20-13)17-8-4-15(5-9-17)14(2)22/h4-12H,1-3H3. The number of carbonyl (C=O) groups is 1. The highest BCUT2D eigenvalue weighted by Crippen LogP contribution is 2.26. The van der Waals surface area contributed by atoms with Gasteiger partial charge in [-0.05, 0) is 62.6 Å². The molecular weight excluding hydrogens is 304 g/mol. The average molecular weight is 322 g/mol. The molecule has 0 saturated heterocycles. The molecule has 1 heterocycles. The summed E-state index contributed by atoms with van der Waals surface area (Å²) in [6, 6.07) is 18.1. The predicted octanol–water partition coefficient (Wildman–Crippen LogP) is 4.77. The minimum Gasteiger partial charge on any atom is -0.295 e. The van der Waals surface area contributed by atoms with Crippen LogP contribution < -0.4 is 0 Å². The SMILES string of the molecule is CSc1ccc(-c2cc(C)nn2-c2ccc(C(C)=O)cc2)cc1. The maximum atomic E-state index is 11.4. The van der Waals surface area contributed by atoms with Gasteiger partial charge in [0.15, 0.2) is 5.78 Å². The highest BCUT2D eigenvalue weighted by atomic mass is 32.2. The molecular formula is C19H18N2OS. The van der Waals surface area contributed by atoms with Gasteiger partial charge in [-0.3, -0.25) is 4.79 Å². The van der Waals surface area contributed by atoms with Crippen LogP contribution in [0.1, 0.15) is 23.0 Å². The number of benzene rings is 2. The highest BCUT2D eigenvalue weighted by molar-refractivity contribution is 7.98. The van der Waals surface area contributed by atoms with Crippen LogP contribution in [0.15, 0.2) is 59.5 Å². The van der Waals surface area contributed by atoms with Crippen LogP contribution in [-0.4, -0.2) is 21.8 Å². The zero-order chi connectivity index (χ0) is 16.4. The number of carbonyl (C=O) groups excluding carboxylic acids is 1. The van der Waals surface area contributed by atoms with Crippen molar-refractivity contribution >= 4 is 17.5 Å². The lowest BCUT2D eigenvalue weighted by molar-refractivity contribution is 0.101. The van der Waals surface area contributed by atoms with E-state index in [0.717, 1.165) is 22.6 Å². The van der Waals surface area contributed by atoms with Crippen LogP contribution in [0.3, 0.4) is 0 Å². The zero-order valence-corrected chi connectivity index (χ0v) is 14.2. The van der Waals surface area contributed by atoms with Crippen molar-refractivity contribution < 1.29 is 4.79 Å². The first kappa shape index (κ1) is 15.6. The molecule has 116 valence electrons. The molecule has 0 fully saturated rings. The minimum atomic E-state index is 0.0704. The molecule has 4 heteroatoms. The van der Waals surface area contributed by atoms with E-state index in [1.165, 1.54) is 4.90 Å². The van der Waals surface area contributed by atoms with Crippen LogP contribution in [0.2, 0.25) is 0 Å². The third-order valence-electron chi connectivity index (χ3n) is 3.74. The fourth-order valence-corrected chi connectivity index (χ4v) is 2.91. The number of nitrogens with zero attached hydrogens (tertiary/aromatic N) is 2. The molecule has 2 aromatic carbocycles. The molecule has 0 radical (unpaired) electrons. The summed E-state index contributed by atoms with van der Waals surface area (Å²) in [7, 11) is 0. The molecule has 0 N–H and O–H groups in total. The van der Waals surface area contributed by atoms with Gasteiger partial charge < -0.3 is 0 Å². The molecule has 0 aliphatic heterocycles. The van der Waals surface area contributed by atoms with E-state index in [9.17, 15) is 4.79 Å². The Morgan fingerprint density at radius 2 is 1.70 bits per heavy atom. The Bertz CT molecular complexity index is 833. The summed E-state index contributed by atoms with van der Waals surface area (Å²) in [5, 5.41) is 4.60. The van der Waals surface area contributed by atoms with Gasteiger partial charge in [0.2, 0.25) is 0 Å². The third-order valence-corrected chi connectivity index (χ3v) is 4.48. The number of hydrogen-bond donors (Lipinski definition) is 0. The van der Waals surface area contributed by atoms with Crippen LogP contribution in [0.25, 0.3) is 16.9 Å². The van der Waals surface area contributed by atoms with E-state index in [1.807, 2.05) is 35.9 Å². The molecule has 3 nitrogen and oxygen atoms in total. The van der Waals surface area contributed by atoms with Gasteiger partial charge in [-0.2, -0.15) is 5.10 Å². The van der Waals surface area contributed by atoms with Crippen LogP contribution in [0.5, 0.6) is 0 Å². The smallest absolute Gasteiger partial charge is 0.159 e. The summed E-state index contributed by atoms with van der Waals surface area (Å²) in [5.74, 6) is 0.0704. The first-order valence-corrected chi connectivity index (χ1v) is 8.63. The van der Waals surface area contributed by atoms with Crippen molar-refractivity contribution in [3.63, 3.8) is 0 Å². The summed E-state index contributed by atoms with van der Waals surface area (Å²) >= 11 is 1.73. The Labute approximate surface area is 140 Å². The fourth-order valence-electron chi connectivity index (χ4n) is 2.50. The van der Waals surface area contributed by atoms with Gasteiger partial charge in [0.25, 0.3) is 0 Å². The van der Waals surface area contributed by atoms with Crippen LogP contribution in [0.4, 0.5) is 0 Å². The summed E-state index contributed by atoms with van der Waals surface area (Å²) in [5.41, 5.74) is 4.80. The molecule has 23 heavy (non-hydrogen) atoms. The van der Waals surface area contributed by atoms with Crippen molar-refractivity contribution in [3.05, 3.63) is 65.9 Å². The van der Waals surface area contributed by atoms with Gasteiger partial charge >= 0.3 is 0 Å². The molecule has 0 saturated carbocycles. The van der Waals surface area contributed by atoms with Gasteiger partial charge in [-0.1, -0.05) is 12.1 Å². The number of aromatic nitrogens is 2. The summed E-state index contributed by atoms with van der Waals surface area (Å²) < 4.78 is 1.92. The van der Waals surface area contributed by atoms with Gasteiger partial charge in [0, 0.05) is 16.0 Å². The molecule has 0 atom stereocenters. The Balaban J connectivity index is 2.04. The van der Waals surface area contributed by atoms with E-state index in [0.29, 0.717) is 5.56 Å². The first-order chi connectivity index (χ1) is 11.1. The molecule has 0 bridgehead atoms. The quantitative estimate of drug-likeness (QED) is 0.512. The first-order valence-electron chi connectivity index (χ1n) is 7.41. The van der Waals surface area contributed by atoms with E-state index < -0.39 is 0 Å². The second-order valence-electron chi connectivity index (χ2n) is 5.41. The van der Waals surface area contributed by atoms with Gasteiger partial charge in [0.1, 0.15) is 0 Å². The van der Waals surface area contributed by atoms with Gasteiger partial charge in [-0.25, -0.2) is 4.68 Å². The lowest BCUT2D eigenvalue weighted by atomic mass is 10.1. The fraction of sp³-hybridized carbons (Fsp3) is 0.158. The molecule has 0 aliphatic carbocycles. The van der Waals surface area contributed by atoms with Crippen LogP contribution >= 0.6 is 11.8 Å². The number of aryl methyl sites for hydroxylation is 1. The predicted molar refractivity (Wildman–Crippen MR) is 95.5 cm³/mol. The van der Waals surface area contributed by atoms with E-state index >= 15 is 0 Å². The van der Waals surface area contributed by atoms with E-state index in [4.69, 9.17) is 0 Å². The Hall–Kier alpha value is -2.33. The molecule has 3 rings (SSSR count). The second kappa shape index (κ2) is 6.42. The minimum absolute atomic E-state index is 0.0704. The van der Waals surface area contributed by atoms with Gasteiger partial charge in [-0.15, -0.1) is 11.8 Å². The zero-order valence-electron chi connectivity index (χ0n) is 13.4. The highest BCUT2D eigenvalue weighted by Gasteiger charge is 2.10. The number of ketones is 1. The van der Waals surface area contributed by atoms with Crippen molar-refractivity contribution in [2.45, 2.75) is 18.7 Å². The van der Waals surface area contributed by atoms with E-state index in [1.54, 1.807) is 18.7 Å².